The minimum atomic E-state index is -0.827. The smallest absolute Gasteiger partial charge is 0.358 e. The molecule has 7 nitrogen and oxygen atoms in total. The van der Waals surface area contributed by atoms with Crippen LogP contribution in [-0.2, 0) is 0 Å². The SMILES string of the molecule is O=C(CBr)c1nonc1[N+](=O)[O-]. The Balaban J connectivity index is 3.07. The number of rotatable bonds is 3. The molecule has 0 bridgehead atoms. The molecule has 1 aromatic heterocycles. The summed E-state index contributed by atoms with van der Waals surface area (Å²) in [5, 5.41) is 16.2. The normalized spacial score (nSPS) is 9.75. The number of hydrogen-bond donors (Lipinski definition) is 0. The van der Waals surface area contributed by atoms with Crippen molar-refractivity contribution in [3.05, 3.63) is 15.8 Å². The summed E-state index contributed by atoms with van der Waals surface area (Å²) in [6, 6.07) is 0. The second-order valence-electron chi connectivity index (χ2n) is 1.75. The molecule has 1 aromatic rings. The summed E-state index contributed by atoms with van der Waals surface area (Å²) in [5.74, 6) is -1.19. The van der Waals surface area contributed by atoms with Crippen molar-refractivity contribution >= 4 is 27.5 Å². The predicted molar refractivity (Wildman–Crippen MR) is 39.1 cm³/mol. The molecule has 0 amide bonds. The van der Waals surface area contributed by atoms with Crippen LogP contribution in [0.15, 0.2) is 4.63 Å². The molecule has 0 unspecified atom stereocenters. The van der Waals surface area contributed by atoms with Gasteiger partial charge in [-0.2, -0.15) is 0 Å². The summed E-state index contributed by atoms with van der Waals surface area (Å²) < 4.78 is 4.05. The first-order chi connectivity index (χ1) is 5.66. The van der Waals surface area contributed by atoms with Crippen molar-refractivity contribution in [2.45, 2.75) is 0 Å². The molecule has 64 valence electrons. The predicted octanol–water partition coefficient (Wildman–Crippen LogP) is 0.555. The van der Waals surface area contributed by atoms with Crippen molar-refractivity contribution < 1.29 is 14.3 Å². The summed E-state index contributed by atoms with van der Waals surface area (Å²) in [6.07, 6.45) is 0. The monoisotopic (exact) mass is 235 g/mol. The van der Waals surface area contributed by atoms with Crippen LogP contribution < -0.4 is 0 Å². The van der Waals surface area contributed by atoms with E-state index in [2.05, 4.69) is 30.9 Å². The summed E-state index contributed by atoms with van der Waals surface area (Å²) in [6.45, 7) is 0. The molecule has 0 saturated carbocycles. The van der Waals surface area contributed by atoms with Crippen molar-refractivity contribution in [2.75, 3.05) is 5.33 Å². The van der Waals surface area contributed by atoms with Crippen molar-refractivity contribution in [3.8, 4) is 0 Å². The second-order valence-corrected chi connectivity index (χ2v) is 2.31. The minimum Gasteiger partial charge on any atom is -0.358 e. The molecule has 1 heterocycles. The Hall–Kier alpha value is -1.31. The van der Waals surface area contributed by atoms with Crippen LogP contribution >= 0.6 is 15.9 Å². The lowest BCUT2D eigenvalue weighted by Gasteiger charge is -1.87. The molecule has 0 atom stereocenters. The lowest BCUT2D eigenvalue weighted by molar-refractivity contribution is -0.391. The number of carbonyl (C=O) groups is 1. The molecule has 0 radical (unpaired) electrons. The summed E-state index contributed by atoms with van der Waals surface area (Å²) in [7, 11) is 0. The maximum Gasteiger partial charge on any atom is 0.445 e. The molecule has 0 aliphatic carbocycles. The fourth-order valence-electron chi connectivity index (χ4n) is 0.543. The van der Waals surface area contributed by atoms with E-state index in [1.165, 1.54) is 0 Å². The summed E-state index contributed by atoms with van der Waals surface area (Å²) in [4.78, 5) is 20.2. The van der Waals surface area contributed by atoms with Gasteiger partial charge in [-0.3, -0.25) is 4.79 Å². The van der Waals surface area contributed by atoms with E-state index in [0.717, 1.165) is 0 Å². The number of ketones is 1. The van der Waals surface area contributed by atoms with Crippen LogP contribution in [-0.4, -0.2) is 26.3 Å². The molecule has 0 saturated heterocycles. The van der Waals surface area contributed by atoms with Gasteiger partial charge in [0.05, 0.1) is 5.33 Å². The van der Waals surface area contributed by atoms with Gasteiger partial charge in [-0.05, 0) is 10.1 Å². The number of Topliss-reactive ketones (excluding diaryl/α,β-unsaturated/α-hetero) is 1. The first-order valence-electron chi connectivity index (χ1n) is 2.73. The largest absolute Gasteiger partial charge is 0.445 e. The van der Waals surface area contributed by atoms with Gasteiger partial charge in [0.1, 0.15) is 0 Å². The highest BCUT2D eigenvalue weighted by Gasteiger charge is 2.27. The average Bonchev–Trinajstić information content (AvgIpc) is 2.50. The maximum absolute atomic E-state index is 10.9. The third-order valence-corrected chi connectivity index (χ3v) is 1.54. The van der Waals surface area contributed by atoms with Crippen LogP contribution in [0.5, 0.6) is 0 Å². The zero-order valence-electron chi connectivity index (χ0n) is 5.56. The van der Waals surface area contributed by atoms with Gasteiger partial charge in [0.15, 0.2) is 5.16 Å². The van der Waals surface area contributed by atoms with Crippen molar-refractivity contribution in [1.29, 1.82) is 0 Å². The molecule has 0 aliphatic rings. The van der Waals surface area contributed by atoms with Gasteiger partial charge >= 0.3 is 5.82 Å². The van der Waals surface area contributed by atoms with E-state index in [4.69, 9.17) is 0 Å². The second kappa shape index (κ2) is 3.39. The number of carbonyl (C=O) groups excluding carboxylic acids is 1. The van der Waals surface area contributed by atoms with Gasteiger partial charge < -0.3 is 10.1 Å². The van der Waals surface area contributed by atoms with E-state index in [1.807, 2.05) is 0 Å². The fraction of sp³-hybridized carbons (Fsp3) is 0.250. The lowest BCUT2D eigenvalue weighted by Crippen LogP contribution is -2.04. The van der Waals surface area contributed by atoms with Gasteiger partial charge in [-0.15, -0.1) is 4.63 Å². The van der Waals surface area contributed by atoms with E-state index in [9.17, 15) is 14.9 Å². The molecule has 8 heteroatoms. The summed E-state index contributed by atoms with van der Waals surface area (Å²) in [5.41, 5.74) is -0.364. The Labute approximate surface area is 74.0 Å². The number of nitro groups is 1. The van der Waals surface area contributed by atoms with Crippen LogP contribution in [0.4, 0.5) is 5.82 Å². The van der Waals surface area contributed by atoms with Gasteiger partial charge in [0, 0.05) is 0 Å². The van der Waals surface area contributed by atoms with Gasteiger partial charge in [0.25, 0.3) is 5.69 Å². The summed E-state index contributed by atoms with van der Waals surface area (Å²) >= 11 is 2.84. The standard InChI is InChI=1S/C4H2BrN3O4/c5-1-2(9)3-4(8(10)11)7-12-6-3/h1H2. The zero-order valence-corrected chi connectivity index (χ0v) is 7.15. The Morgan fingerprint density at radius 3 is 2.83 bits per heavy atom. The third kappa shape index (κ3) is 1.47. The number of aromatic nitrogens is 2. The Morgan fingerprint density at radius 1 is 1.67 bits per heavy atom. The number of halogens is 1. The number of hydrogen-bond acceptors (Lipinski definition) is 6. The maximum atomic E-state index is 10.9. The van der Waals surface area contributed by atoms with Crippen molar-refractivity contribution in [3.63, 3.8) is 0 Å². The van der Waals surface area contributed by atoms with E-state index < -0.39 is 16.5 Å². The Morgan fingerprint density at radius 2 is 2.33 bits per heavy atom. The molecular formula is C4H2BrN3O4. The third-order valence-electron chi connectivity index (χ3n) is 1.03. The number of nitrogens with zero attached hydrogens (tertiary/aromatic N) is 3. The molecule has 0 aromatic carbocycles. The van der Waals surface area contributed by atoms with E-state index in [1.54, 1.807) is 0 Å². The highest BCUT2D eigenvalue weighted by molar-refractivity contribution is 9.09. The molecule has 0 spiro atoms. The highest BCUT2D eigenvalue weighted by atomic mass is 79.9. The Kier molecular flexibility index (Phi) is 2.48. The van der Waals surface area contributed by atoms with Crippen LogP contribution in [0, 0.1) is 10.1 Å². The van der Waals surface area contributed by atoms with Gasteiger partial charge in [-0.1, -0.05) is 15.9 Å². The molecule has 0 fully saturated rings. The Bertz CT molecular complexity index is 322. The molecule has 12 heavy (non-hydrogen) atoms. The topological polar surface area (TPSA) is 99.1 Å². The van der Waals surface area contributed by atoms with Crippen LogP contribution in [0.1, 0.15) is 10.5 Å². The van der Waals surface area contributed by atoms with Crippen LogP contribution in [0.2, 0.25) is 0 Å². The van der Waals surface area contributed by atoms with E-state index in [-0.39, 0.29) is 11.0 Å². The molecule has 1 rings (SSSR count). The van der Waals surface area contributed by atoms with Gasteiger partial charge in [-0.25, -0.2) is 0 Å². The van der Waals surface area contributed by atoms with E-state index in [0.29, 0.717) is 0 Å². The van der Waals surface area contributed by atoms with Crippen molar-refractivity contribution in [1.82, 2.24) is 10.3 Å². The minimum absolute atomic E-state index is 0.0535. The fourth-order valence-corrected chi connectivity index (χ4v) is 0.808. The first-order valence-corrected chi connectivity index (χ1v) is 3.85. The number of alkyl halides is 1. The lowest BCUT2D eigenvalue weighted by atomic mass is 10.3. The zero-order chi connectivity index (χ0) is 9.14. The van der Waals surface area contributed by atoms with Gasteiger partial charge in [0.2, 0.25) is 5.78 Å². The molecule has 0 N–H and O–H groups in total. The van der Waals surface area contributed by atoms with Crippen LogP contribution in [0.3, 0.4) is 0 Å². The molecule has 0 aliphatic heterocycles. The highest BCUT2D eigenvalue weighted by Crippen LogP contribution is 2.13. The molecular weight excluding hydrogens is 234 g/mol. The average molecular weight is 236 g/mol. The van der Waals surface area contributed by atoms with Crippen LogP contribution in [0.25, 0.3) is 0 Å². The van der Waals surface area contributed by atoms with Crippen molar-refractivity contribution in [2.24, 2.45) is 0 Å². The quantitative estimate of drug-likeness (QED) is 0.329. The van der Waals surface area contributed by atoms with E-state index >= 15 is 0 Å². The first kappa shape index (κ1) is 8.78.